The molecular weight excluding hydrogens is 443 g/mol. The zero-order valence-electron chi connectivity index (χ0n) is 16.9. The van der Waals surface area contributed by atoms with Crippen molar-refractivity contribution in [2.75, 3.05) is 18.0 Å². The molecule has 31 heavy (non-hydrogen) atoms. The molecule has 2 aromatic rings. The van der Waals surface area contributed by atoms with Gasteiger partial charge in [0.25, 0.3) is 5.91 Å². The van der Waals surface area contributed by atoms with Crippen LogP contribution in [0.3, 0.4) is 0 Å². The summed E-state index contributed by atoms with van der Waals surface area (Å²) in [6, 6.07) is 9.39. The van der Waals surface area contributed by atoms with E-state index in [-0.39, 0.29) is 22.3 Å². The lowest BCUT2D eigenvalue weighted by Gasteiger charge is -2.16. The molecule has 0 spiro atoms. The van der Waals surface area contributed by atoms with E-state index in [2.05, 4.69) is 5.32 Å². The number of carbonyl (C=O) groups excluding carboxylic acids is 4. The summed E-state index contributed by atoms with van der Waals surface area (Å²) in [4.78, 5) is 50.1. The number of hydrogen-bond acceptors (Lipinski definition) is 5. The van der Waals surface area contributed by atoms with Crippen LogP contribution in [0.5, 0.6) is 0 Å². The van der Waals surface area contributed by atoms with Crippen LogP contribution in [0.25, 0.3) is 0 Å². The standard InChI is InChI=1S/C22H20Cl2N2O5/c1-12(21(29)15-4-6-19-14(9-15)7-8-26(19)13(2)27)31-20(28)11-25-22(30)16-3-5-17(23)18(24)10-16/h3-6,9-10,12H,7-8,11H2,1-2H3,(H,25,30)/t12-/m1/s1. The van der Waals surface area contributed by atoms with Crippen LogP contribution < -0.4 is 10.2 Å². The fourth-order valence-electron chi connectivity index (χ4n) is 3.30. The molecule has 2 aromatic carbocycles. The van der Waals surface area contributed by atoms with Gasteiger partial charge in [0, 0.05) is 30.3 Å². The van der Waals surface area contributed by atoms with Crippen LogP contribution in [-0.4, -0.2) is 42.8 Å². The molecule has 7 nitrogen and oxygen atoms in total. The Morgan fingerprint density at radius 2 is 1.77 bits per heavy atom. The Morgan fingerprint density at radius 3 is 2.45 bits per heavy atom. The van der Waals surface area contributed by atoms with Gasteiger partial charge in [0.2, 0.25) is 11.7 Å². The van der Waals surface area contributed by atoms with E-state index in [0.29, 0.717) is 23.6 Å². The Morgan fingerprint density at radius 1 is 1.06 bits per heavy atom. The van der Waals surface area contributed by atoms with Gasteiger partial charge in [-0.1, -0.05) is 23.2 Å². The molecule has 0 fully saturated rings. The number of ether oxygens (including phenoxy) is 1. The Hall–Kier alpha value is -2.90. The number of rotatable bonds is 6. The maximum atomic E-state index is 12.7. The minimum Gasteiger partial charge on any atom is -0.453 e. The van der Waals surface area contributed by atoms with Gasteiger partial charge in [-0.15, -0.1) is 0 Å². The quantitative estimate of drug-likeness (QED) is 0.524. The van der Waals surface area contributed by atoms with Gasteiger partial charge >= 0.3 is 5.97 Å². The maximum absolute atomic E-state index is 12.7. The van der Waals surface area contributed by atoms with E-state index in [0.717, 1.165) is 11.3 Å². The zero-order valence-corrected chi connectivity index (χ0v) is 18.4. The second-order valence-electron chi connectivity index (χ2n) is 7.07. The van der Waals surface area contributed by atoms with Gasteiger partial charge in [0.05, 0.1) is 10.0 Å². The average molecular weight is 463 g/mol. The first kappa shape index (κ1) is 22.8. The first-order valence-corrected chi connectivity index (χ1v) is 10.3. The van der Waals surface area contributed by atoms with Crippen LogP contribution in [0.4, 0.5) is 5.69 Å². The Bertz CT molecular complexity index is 1070. The monoisotopic (exact) mass is 462 g/mol. The van der Waals surface area contributed by atoms with E-state index in [1.165, 1.54) is 32.0 Å². The van der Waals surface area contributed by atoms with Crippen molar-refractivity contribution < 1.29 is 23.9 Å². The van der Waals surface area contributed by atoms with E-state index in [1.54, 1.807) is 23.1 Å². The lowest BCUT2D eigenvalue weighted by molar-refractivity contribution is -0.145. The number of ketones is 1. The number of fused-ring (bicyclic) bond motifs is 1. The van der Waals surface area contributed by atoms with Crippen molar-refractivity contribution in [1.29, 1.82) is 0 Å². The summed E-state index contributed by atoms with van der Waals surface area (Å²) in [5.41, 5.74) is 2.32. The summed E-state index contributed by atoms with van der Waals surface area (Å²) in [6.45, 7) is 3.13. The Kier molecular flexibility index (Phi) is 6.97. The number of benzene rings is 2. The highest BCUT2D eigenvalue weighted by molar-refractivity contribution is 6.42. The Balaban J connectivity index is 1.56. The average Bonchev–Trinajstić information content (AvgIpc) is 3.16. The van der Waals surface area contributed by atoms with E-state index in [4.69, 9.17) is 27.9 Å². The van der Waals surface area contributed by atoms with Crippen LogP contribution in [0.15, 0.2) is 36.4 Å². The fraction of sp³-hybridized carbons (Fsp3) is 0.273. The first-order chi connectivity index (χ1) is 14.7. The number of nitrogens with one attached hydrogen (secondary N) is 1. The van der Waals surface area contributed by atoms with Gasteiger partial charge in [-0.25, -0.2) is 0 Å². The molecule has 3 rings (SSSR count). The predicted octanol–water partition coefficient (Wildman–Crippen LogP) is 3.45. The molecule has 0 aliphatic carbocycles. The molecule has 0 unspecified atom stereocenters. The van der Waals surface area contributed by atoms with Gasteiger partial charge in [0.1, 0.15) is 6.54 Å². The van der Waals surface area contributed by atoms with Gasteiger partial charge in [-0.2, -0.15) is 0 Å². The molecule has 1 heterocycles. The lowest BCUT2D eigenvalue weighted by Crippen LogP contribution is -2.34. The van der Waals surface area contributed by atoms with Gasteiger partial charge < -0.3 is 15.0 Å². The molecule has 1 atom stereocenters. The fourth-order valence-corrected chi connectivity index (χ4v) is 3.60. The van der Waals surface area contributed by atoms with Crippen LogP contribution in [0, 0.1) is 0 Å². The molecule has 0 aromatic heterocycles. The molecule has 1 aliphatic rings. The van der Waals surface area contributed by atoms with Crippen LogP contribution in [0.1, 0.15) is 40.1 Å². The number of hydrogen-bond donors (Lipinski definition) is 1. The first-order valence-electron chi connectivity index (χ1n) is 9.55. The van der Waals surface area contributed by atoms with Crippen molar-refractivity contribution in [3.63, 3.8) is 0 Å². The normalized spacial score (nSPS) is 13.4. The highest BCUT2D eigenvalue weighted by Gasteiger charge is 2.25. The van der Waals surface area contributed by atoms with E-state index < -0.39 is 24.5 Å². The molecule has 9 heteroatoms. The number of halogens is 2. The number of carbonyl (C=O) groups is 4. The van der Waals surface area contributed by atoms with Crippen molar-refractivity contribution in [1.82, 2.24) is 5.32 Å². The molecule has 0 radical (unpaired) electrons. The van der Waals surface area contributed by atoms with Crippen LogP contribution in [-0.2, 0) is 20.7 Å². The molecule has 162 valence electrons. The summed E-state index contributed by atoms with van der Waals surface area (Å²) < 4.78 is 5.16. The summed E-state index contributed by atoms with van der Waals surface area (Å²) >= 11 is 11.7. The molecule has 1 N–H and O–H groups in total. The van der Waals surface area contributed by atoms with Crippen LogP contribution in [0.2, 0.25) is 10.0 Å². The zero-order chi connectivity index (χ0) is 22.7. The smallest absolute Gasteiger partial charge is 0.326 e. The summed E-state index contributed by atoms with van der Waals surface area (Å²) in [5.74, 6) is -1.70. The maximum Gasteiger partial charge on any atom is 0.326 e. The van der Waals surface area contributed by atoms with Crippen molar-refractivity contribution >= 4 is 52.5 Å². The van der Waals surface area contributed by atoms with Crippen molar-refractivity contribution in [3.05, 3.63) is 63.1 Å². The highest BCUT2D eigenvalue weighted by Crippen LogP contribution is 2.29. The SMILES string of the molecule is CC(=O)N1CCc2cc(C(=O)[C@@H](C)OC(=O)CNC(=O)c3ccc(Cl)c(Cl)c3)ccc21. The summed E-state index contributed by atoms with van der Waals surface area (Å²) in [6.07, 6.45) is -0.372. The molecule has 0 saturated heterocycles. The molecule has 0 saturated carbocycles. The van der Waals surface area contributed by atoms with E-state index in [1.807, 2.05) is 0 Å². The second kappa shape index (κ2) is 9.49. The predicted molar refractivity (Wildman–Crippen MR) is 117 cm³/mol. The largest absolute Gasteiger partial charge is 0.453 e. The molecule has 2 amide bonds. The lowest BCUT2D eigenvalue weighted by atomic mass is 10.0. The number of esters is 1. The third-order valence-corrected chi connectivity index (χ3v) is 5.63. The van der Waals surface area contributed by atoms with E-state index in [9.17, 15) is 19.2 Å². The number of nitrogens with zero attached hydrogens (tertiary/aromatic N) is 1. The minimum atomic E-state index is -1.03. The van der Waals surface area contributed by atoms with Crippen molar-refractivity contribution in [2.24, 2.45) is 0 Å². The summed E-state index contributed by atoms with van der Waals surface area (Å²) in [5, 5.41) is 2.94. The summed E-state index contributed by atoms with van der Waals surface area (Å²) in [7, 11) is 0. The van der Waals surface area contributed by atoms with E-state index >= 15 is 0 Å². The van der Waals surface area contributed by atoms with Crippen molar-refractivity contribution in [2.45, 2.75) is 26.4 Å². The molecule has 1 aliphatic heterocycles. The molecular formula is C22H20Cl2N2O5. The number of anilines is 1. The third kappa shape index (κ3) is 5.24. The van der Waals surface area contributed by atoms with Crippen molar-refractivity contribution in [3.8, 4) is 0 Å². The molecule has 0 bridgehead atoms. The van der Waals surface area contributed by atoms with Gasteiger partial charge in [-0.3, -0.25) is 19.2 Å². The number of Topliss-reactive ketones (excluding diaryl/α,β-unsaturated/α-hetero) is 1. The van der Waals surface area contributed by atoms with Crippen LogP contribution >= 0.6 is 23.2 Å². The number of amides is 2. The second-order valence-corrected chi connectivity index (χ2v) is 7.89. The minimum absolute atomic E-state index is 0.0527. The topological polar surface area (TPSA) is 92.8 Å². The Labute approximate surface area is 189 Å². The highest BCUT2D eigenvalue weighted by atomic mass is 35.5. The third-order valence-electron chi connectivity index (χ3n) is 4.89. The van der Waals surface area contributed by atoms with Gasteiger partial charge in [-0.05, 0) is 55.3 Å². The van der Waals surface area contributed by atoms with Gasteiger partial charge in [0.15, 0.2) is 6.10 Å².